The Hall–Kier alpha value is -2.78. The molecule has 1 aliphatic rings. The summed E-state index contributed by atoms with van der Waals surface area (Å²) in [5.41, 5.74) is 9.82. The highest BCUT2D eigenvalue weighted by Crippen LogP contribution is 2.29. The average Bonchev–Trinajstić information content (AvgIpc) is 3.34. The van der Waals surface area contributed by atoms with E-state index in [0.29, 0.717) is 18.8 Å². The summed E-state index contributed by atoms with van der Waals surface area (Å²) in [6.45, 7) is 5.25. The van der Waals surface area contributed by atoms with Gasteiger partial charge >= 0.3 is 0 Å². The number of nitrogen functional groups attached to an aromatic ring is 1. The molecule has 3 aromatic heterocycles. The molecule has 0 spiro atoms. The fourth-order valence-corrected chi connectivity index (χ4v) is 4.63. The van der Waals surface area contributed by atoms with E-state index in [0.717, 1.165) is 43.7 Å². The predicted molar refractivity (Wildman–Crippen MR) is 113 cm³/mol. The van der Waals surface area contributed by atoms with Crippen molar-refractivity contribution in [1.29, 1.82) is 0 Å². The molecule has 4 heterocycles. The minimum Gasteiger partial charge on any atom is -0.367 e. The van der Waals surface area contributed by atoms with Crippen LogP contribution in [0.2, 0.25) is 0 Å². The highest BCUT2D eigenvalue weighted by molar-refractivity contribution is 7.10. The number of hydrogen-bond donors (Lipinski definition) is 3. The Kier molecular flexibility index (Phi) is 5.86. The lowest BCUT2D eigenvalue weighted by Crippen LogP contribution is -2.31. The number of carbonyl (C=O) groups excluding carboxylic acids is 1. The Morgan fingerprint density at radius 2 is 2.31 bits per heavy atom. The van der Waals surface area contributed by atoms with Gasteiger partial charge in [0, 0.05) is 49.1 Å². The normalized spacial score (nSPS) is 14.0. The number of aryl methyl sites for hydroxylation is 1. The first-order chi connectivity index (χ1) is 14.1. The van der Waals surface area contributed by atoms with Crippen LogP contribution >= 0.6 is 11.3 Å². The van der Waals surface area contributed by atoms with Gasteiger partial charge in [0.2, 0.25) is 5.95 Å². The van der Waals surface area contributed by atoms with Gasteiger partial charge in [-0.05, 0) is 30.0 Å². The third kappa shape index (κ3) is 4.63. The van der Waals surface area contributed by atoms with E-state index >= 15 is 0 Å². The minimum atomic E-state index is -0.0275. The Labute approximate surface area is 173 Å². The Bertz CT molecular complexity index is 979. The van der Waals surface area contributed by atoms with Gasteiger partial charge in [-0.15, -0.1) is 16.4 Å². The Balaban J connectivity index is 1.32. The van der Waals surface area contributed by atoms with Crippen LogP contribution in [0.15, 0.2) is 23.7 Å². The van der Waals surface area contributed by atoms with E-state index < -0.39 is 0 Å². The molecule has 4 N–H and O–H groups in total. The van der Waals surface area contributed by atoms with E-state index in [1.807, 2.05) is 11.6 Å². The van der Waals surface area contributed by atoms with E-state index in [9.17, 15) is 4.79 Å². The van der Waals surface area contributed by atoms with Gasteiger partial charge in [-0.25, -0.2) is 0 Å². The molecule has 9 heteroatoms. The summed E-state index contributed by atoms with van der Waals surface area (Å²) in [6, 6.07) is 4.27. The lowest BCUT2D eigenvalue weighted by atomic mass is 10.0. The molecule has 1 amide bonds. The number of amides is 1. The zero-order valence-corrected chi connectivity index (χ0v) is 17.3. The van der Waals surface area contributed by atoms with Crippen LogP contribution in [0.4, 0.5) is 5.95 Å². The molecule has 0 radical (unpaired) electrons. The number of anilines is 1. The number of rotatable bonds is 7. The number of aromatic nitrogens is 4. The molecule has 3 aromatic rings. The average molecular weight is 412 g/mol. The number of thiophene rings is 1. The van der Waals surface area contributed by atoms with Crippen molar-refractivity contribution in [2.45, 2.75) is 39.3 Å². The van der Waals surface area contributed by atoms with Crippen LogP contribution in [0.5, 0.6) is 0 Å². The summed E-state index contributed by atoms with van der Waals surface area (Å²) >= 11 is 1.67. The molecule has 0 saturated carbocycles. The van der Waals surface area contributed by atoms with Crippen molar-refractivity contribution in [3.8, 4) is 0 Å². The van der Waals surface area contributed by atoms with Crippen LogP contribution in [0.3, 0.4) is 0 Å². The molecule has 4 rings (SSSR count). The van der Waals surface area contributed by atoms with Crippen LogP contribution in [-0.2, 0) is 32.4 Å². The number of nitrogens with two attached hydrogens (primary N) is 1. The van der Waals surface area contributed by atoms with Crippen LogP contribution in [0.25, 0.3) is 0 Å². The number of hydrogen-bond acceptors (Lipinski definition) is 7. The fourth-order valence-electron chi connectivity index (χ4n) is 3.51. The van der Waals surface area contributed by atoms with E-state index in [2.05, 4.69) is 49.4 Å². The molecule has 0 saturated heterocycles. The summed E-state index contributed by atoms with van der Waals surface area (Å²) < 4.78 is 0. The van der Waals surface area contributed by atoms with E-state index in [1.165, 1.54) is 16.0 Å². The van der Waals surface area contributed by atoms with Gasteiger partial charge < -0.3 is 11.1 Å². The number of carbonyl (C=O) groups is 1. The first kappa shape index (κ1) is 19.5. The van der Waals surface area contributed by atoms with Gasteiger partial charge in [0.25, 0.3) is 5.91 Å². The molecule has 0 aromatic carbocycles. The van der Waals surface area contributed by atoms with Crippen molar-refractivity contribution in [1.82, 2.24) is 30.4 Å². The molecular formula is C20H25N7OS. The van der Waals surface area contributed by atoms with Crippen LogP contribution < -0.4 is 11.1 Å². The van der Waals surface area contributed by atoms with E-state index in [1.54, 1.807) is 11.3 Å². The maximum atomic E-state index is 12.6. The van der Waals surface area contributed by atoms with Gasteiger partial charge in [0.1, 0.15) is 5.82 Å². The standard InChI is InChI=1S/C20H25N7OS/c1-2-13-3-4-14(23-9-13)10-27-8-6-15-16(12-29-17(15)11-27)19(28)22-7-5-18-24-20(21)26-25-18/h3-4,9,12H,2,5-8,10-11H2,1H3,(H,22,28)(H3,21,24,25,26). The van der Waals surface area contributed by atoms with Gasteiger partial charge in [0.05, 0.1) is 11.3 Å². The monoisotopic (exact) mass is 411 g/mol. The van der Waals surface area contributed by atoms with Gasteiger partial charge in [-0.1, -0.05) is 13.0 Å². The summed E-state index contributed by atoms with van der Waals surface area (Å²) in [5.74, 6) is 0.867. The maximum Gasteiger partial charge on any atom is 0.252 e. The third-order valence-electron chi connectivity index (χ3n) is 5.15. The first-order valence-electron chi connectivity index (χ1n) is 9.82. The summed E-state index contributed by atoms with van der Waals surface area (Å²) in [6.07, 6.45) is 4.42. The number of nitrogens with one attached hydrogen (secondary N) is 2. The number of pyridine rings is 1. The maximum absolute atomic E-state index is 12.6. The molecule has 8 nitrogen and oxygen atoms in total. The molecule has 1 aliphatic heterocycles. The molecule has 0 aliphatic carbocycles. The number of H-pyrrole nitrogens is 1. The molecule has 0 unspecified atom stereocenters. The van der Waals surface area contributed by atoms with Crippen molar-refractivity contribution >= 4 is 23.2 Å². The molecular weight excluding hydrogens is 386 g/mol. The first-order valence-corrected chi connectivity index (χ1v) is 10.7. The van der Waals surface area contributed by atoms with Crippen LogP contribution in [0.1, 0.15) is 44.8 Å². The van der Waals surface area contributed by atoms with Crippen molar-refractivity contribution < 1.29 is 4.79 Å². The lowest BCUT2D eigenvalue weighted by Gasteiger charge is -2.27. The lowest BCUT2D eigenvalue weighted by molar-refractivity contribution is 0.0952. The van der Waals surface area contributed by atoms with E-state index in [4.69, 9.17) is 5.73 Å². The third-order valence-corrected chi connectivity index (χ3v) is 6.16. The largest absolute Gasteiger partial charge is 0.367 e. The van der Waals surface area contributed by atoms with Crippen molar-refractivity contribution in [2.75, 3.05) is 18.8 Å². The SMILES string of the molecule is CCc1ccc(CN2CCc3c(C(=O)NCCc4nc(N)n[nH]4)csc3C2)nc1. The van der Waals surface area contributed by atoms with Crippen LogP contribution in [0, 0.1) is 0 Å². The summed E-state index contributed by atoms with van der Waals surface area (Å²) in [7, 11) is 0. The van der Waals surface area contributed by atoms with Crippen LogP contribution in [-0.4, -0.2) is 44.1 Å². The second kappa shape index (κ2) is 8.71. The van der Waals surface area contributed by atoms with Crippen molar-refractivity contribution in [3.63, 3.8) is 0 Å². The minimum absolute atomic E-state index is 0.0275. The summed E-state index contributed by atoms with van der Waals surface area (Å²) in [5, 5.41) is 11.5. The second-order valence-corrected chi connectivity index (χ2v) is 8.13. The predicted octanol–water partition coefficient (Wildman–Crippen LogP) is 1.94. The van der Waals surface area contributed by atoms with Gasteiger partial charge in [-0.2, -0.15) is 4.98 Å². The highest BCUT2D eigenvalue weighted by atomic mass is 32.1. The zero-order chi connectivity index (χ0) is 20.2. The molecule has 29 heavy (non-hydrogen) atoms. The molecule has 0 bridgehead atoms. The number of fused-ring (bicyclic) bond motifs is 1. The highest BCUT2D eigenvalue weighted by Gasteiger charge is 2.24. The van der Waals surface area contributed by atoms with Crippen molar-refractivity contribution in [2.24, 2.45) is 0 Å². The number of nitrogens with zero attached hydrogens (tertiary/aromatic N) is 4. The molecule has 0 atom stereocenters. The quantitative estimate of drug-likeness (QED) is 0.548. The topological polar surface area (TPSA) is 113 Å². The number of aromatic amines is 1. The molecule has 152 valence electrons. The van der Waals surface area contributed by atoms with E-state index in [-0.39, 0.29) is 11.9 Å². The summed E-state index contributed by atoms with van der Waals surface area (Å²) in [4.78, 5) is 24.9. The Morgan fingerprint density at radius 1 is 1.41 bits per heavy atom. The fraction of sp³-hybridized carbons (Fsp3) is 0.400. The zero-order valence-electron chi connectivity index (χ0n) is 16.4. The molecule has 0 fully saturated rings. The van der Waals surface area contributed by atoms with Gasteiger partial charge in [0.15, 0.2) is 0 Å². The van der Waals surface area contributed by atoms with Gasteiger partial charge in [-0.3, -0.25) is 19.8 Å². The second-order valence-electron chi connectivity index (χ2n) is 7.17. The Morgan fingerprint density at radius 3 is 3.03 bits per heavy atom. The van der Waals surface area contributed by atoms with Crippen molar-refractivity contribution in [3.05, 3.63) is 56.8 Å². The smallest absolute Gasteiger partial charge is 0.252 e.